The van der Waals surface area contributed by atoms with E-state index in [9.17, 15) is 0 Å². The van der Waals surface area contributed by atoms with Gasteiger partial charge in [0, 0.05) is 20.8 Å². The average Bonchev–Trinajstić information content (AvgIpc) is 2.44. The molecule has 0 aliphatic rings. The van der Waals surface area contributed by atoms with E-state index in [4.69, 9.17) is 4.84 Å². The summed E-state index contributed by atoms with van der Waals surface area (Å²) in [6.07, 6.45) is 1.20. The molecule has 0 fully saturated rings. The minimum absolute atomic E-state index is 0.629. The van der Waals surface area contributed by atoms with Crippen molar-refractivity contribution in [2.45, 2.75) is 49.2 Å². The van der Waals surface area contributed by atoms with Gasteiger partial charge in [-0.1, -0.05) is 19.0 Å². The molecule has 19 heavy (non-hydrogen) atoms. The first-order chi connectivity index (χ1) is 9.15. The molecule has 0 amide bonds. The van der Waals surface area contributed by atoms with E-state index in [0.717, 1.165) is 11.5 Å². The third-order valence-corrected chi connectivity index (χ3v) is 4.98. The standard InChI is InChI=1S/C15H23NOS2/c1-5-13(4)19-15-9-7-14(8-10-15)18-11-12(3)16-17-6-2/h7-10,13H,5-6,11H2,1-4H3/b16-12+. The first kappa shape index (κ1) is 16.4. The number of benzene rings is 1. The third kappa shape index (κ3) is 6.92. The number of oxime groups is 1. The lowest BCUT2D eigenvalue weighted by Gasteiger charge is -2.08. The molecule has 0 spiro atoms. The summed E-state index contributed by atoms with van der Waals surface area (Å²) in [5, 5.41) is 4.70. The van der Waals surface area contributed by atoms with Gasteiger partial charge in [-0.2, -0.15) is 0 Å². The fourth-order valence-electron chi connectivity index (χ4n) is 1.32. The van der Waals surface area contributed by atoms with Crippen molar-refractivity contribution in [3.05, 3.63) is 24.3 Å². The monoisotopic (exact) mass is 297 g/mol. The predicted molar refractivity (Wildman–Crippen MR) is 87.5 cm³/mol. The quantitative estimate of drug-likeness (QED) is 0.379. The molecule has 0 saturated heterocycles. The molecule has 0 heterocycles. The Morgan fingerprint density at radius 3 is 2.42 bits per heavy atom. The second-order valence-electron chi connectivity index (χ2n) is 4.34. The highest BCUT2D eigenvalue weighted by Gasteiger charge is 2.02. The van der Waals surface area contributed by atoms with Gasteiger partial charge in [0.15, 0.2) is 0 Å². The molecule has 0 aromatic heterocycles. The summed E-state index contributed by atoms with van der Waals surface area (Å²) in [6.45, 7) is 9.06. The Morgan fingerprint density at radius 1 is 1.21 bits per heavy atom. The van der Waals surface area contributed by atoms with Crippen LogP contribution >= 0.6 is 23.5 Å². The molecule has 2 nitrogen and oxygen atoms in total. The van der Waals surface area contributed by atoms with Crippen molar-refractivity contribution in [1.82, 2.24) is 0 Å². The number of thioether (sulfide) groups is 2. The van der Waals surface area contributed by atoms with Crippen LogP contribution in [0.2, 0.25) is 0 Å². The van der Waals surface area contributed by atoms with Gasteiger partial charge in [0.2, 0.25) is 0 Å². The van der Waals surface area contributed by atoms with E-state index < -0.39 is 0 Å². The van der Waals surface area contributed by atoms with E-state index in [1.165, 1.54) is 16.2 Å². The molecule has 0 aliphatic carbocycles. The van der Waals surface area contributed by atoms with Crippen molar-refractivity contribution in [2.75, 3.05) is 12.4 Å². The van der Waals surface area contributed by atoms with E-state index in [1.54, 1.807) is 11.8 Å². The molecule has 1 aromatic rings. The molecule has 1 unspecified atom stereocenters. The lowest BCUT2D eigenvalue weighted by atomic mass is 10.4. The van der Waals surface area contributed by atoms with Gasteiger partial charge in [-0.15, -0.1) is 23.5 Å². The highest BCUT2D eigenvalue weighted by atomic mass is 32.2. The molecule has 0 bridgehead atoms. The maximum atomic E-state index is 5.03. The Hall–Kier alpha value is -0.610. The SMILES string of the molecule is CCO/N=C(\C)CSc1ccc(SC(C)CC)cc1. The van der Waals surface area contributed by atoms with Gasteiger partial charge in [0.1, 0.15) is 6.61 Å². The van der Waals surface area contributed by atoms with Crippen LogP contribution in [0, 0.1) is 0 Å². The summed E-state index contributed by atoms with van der Waals surface area (Å²) >= 11 is 3.73. The van der Waals surface area contributed by atoms with Crippen molar-refractivity contribution in [3.8, 4) is 0 Å². The fraction of sp³-hybridized carbons (Fsp3) is 0.533. The van der Waals surface area contributed by atoms with Crippen molar-refractivity contribution < 1.29 is 4.84 Å². The zero-order chi connectivity index (χ0) is 14.1. The third-order valence-electron chi connectivity index (χ3n) is 2.53. The smallest absolute Gasteiger partial charge is 0.114 e. The highest BCUT2D eigenvalue weighted by Crippen LogP contribution is 2.27. The Bertz CT molecular complexity index is 390. The van der Waals surface area contributed by atoms with E-state index in [1.807, 2.05) is 25.6 Å². The maximum Gasteiger partial charge on any atom is 0.114 e. The molecule has 106 valence electrons. The van der Waals surface area contributed by atoms with E-state index in [-0.39, 0.29) is 0 Å². The average molecular weight is 297 g/mol. The molecule has 1 rings (SSSR count). The van der Waals surface area contributed by atoms with Crippen LogP contribution in [-0.4, -0.2) is 23.3 Å². The number of hydrogen-bond donors (Lipinski definition) is 0. The van der Waals surface area contributed by atoms with Crippen LogP contribution in [0.3, 0.4) is 0 Å². The first-order valence-corrected chi connectivity index (χ1v) is 8.57. The Balaban J connectivity index is 2.44. The fourth-order valence-corrected chi connectivity index (χ4v) is 3.00. The first-order valence-electron chi connectivity index (χ1n) is 6.70. The van der Waals surface area contributed by atoms with Gasteiger partial charge in [-0.25, -0.2) is 0 Å². The van der Waals surface area contributed by atoms with Crippen molar-refractivity contribution in [3.63, 3.8) is 0 Å². The van der Waals surface area contributed by atoms with E-state index in [2.05, 4.69) is 43.3 Å². The lowest BCUT2D eigenvalue weighted by molar-refractivity contribution is 0.158. The Kier molecular flexibility index (Phi) is 8.07. The number of hydrogen-bond acceptors (Lipinski definition) is 4. The summed E-state index contributed by atoms with van der Waals surface area (Å²) in [7, 11) is 0. The Labute approximate surface area is 125 Å². The second kappa shape index (κ2) is 9.32. The Morgan fingerprint density at radius 2 is 1.84 bits per heavy atom. The van der Waals surface area contributed by atoms with Gasteiger partial charge < -0.3 is 4.84 Å². The van der Waals surface area contributed by atoms with Crippen LogP contribution in [0.1, 0.15) is 34.1 Å². The van der Waals surface area contributed by atoms with E-state index in [0.29, 0.717) is 11.9 Å². The van der Waals surface area contributed by atoms with Crippen LogP contribution < -0.4 is 0 Å². The largest absolute Gasteiger partial charge is 0.396 e. The minimum Gasteiger partial charge on any atom is -0.396 e. The van der Waals surface area contributed by atoms with Crippen LogP contribution in [-0.2, 0) is 4.84 Å². The summed E-state index contributed by atoms with van der Waals surface area (Å²) in [6, 6.07) is 8.77. The number of nitrogens with zero attached hydrogens (tertiary/aromatic N) is 1. The molecule has 0 radical (unpaired) electrons. The van der Waals surface area contributed by atoms with Crippen LogP contribution in [0.5, 0.6) is 0 Å². The molecular formula is C15H23NOS2. The second-order valence-corrected chi connectivity index (χ2v) is 6.90. The zero-order valence-electron chi connectivity index (χ0n) is 12.2. The topological polar surface area (TPSA) is 21.6 Å². The summed E-state index contributed by atoms with van der Waals surface area (Å²) in [4.78, 5) is 7.65. The molecule has 0 saturated carbocycles. The predicted octanol–water partition coefficient (Wildman–Crippen LogP) is 5.08. The van der Waals surface area contributed by atoms with Crippen LogP contribution in [0.15, 0.2) is 39.2 Å². The molecule has 1 aromatic carbocycles. The van der Waals surface area contributed by atoms with Gasteiger partial charge in [-0.05, 0) is 44.5 Å². The molecule has 0 N–H and O–H groups in total. The highest BCUT2D eigenvalue weighted by molar-refractivity contribution is 8.00. The molecule has 4 heteroatoms. The van der Waals surface area contributed by atoms with Gasteiger partial charge in [-0.3, -0.25) is 0 Å². The molecule has 0 aliphatic heterocycles. The molecule has 1 atom stereocenters. The van der Waals surface area contributed by atoms with Crippen molar-refractivity contribution >= 4 is 29.2 Å². The van der Waals surface area contributed by atoms with Gasteiger partial charge >= 0.3 is 0 Å². The maximum absolute atomic E-state index is 5.03. The number of rotatable bonds is 8. The zero-order valence-corrected chi connectivity index (χ0v) is 13.8. The van der Waals surface area contributed by atoms with Gasteiger partial charge in [0.25, 0.3) is 0 Å². The normalized spacial score (nSPS) is 13.4. The van der Waals surface area contributed by atoms with E-state index >= 15 is 0 Å². The molecular weight excluding hydrogens is 274 g/mol. The van der Waals surface area contributed by atoms with Crippen LogP contribution in [0.25, 0.3) is 0 Å². The van der Waals surface area contributed by atoms with Crippen molar-refractivity contribution in [1.29, 1.82) is 0 Å². The summed E-state index contributed by atoms with van der Waals surface area (Å²) in [5.74, 6) is 0.873. The summed E-state index contributed by atoms with van der Waals surface area (Å²) < 4.78 is 0. The van der Waals surface area contributed by atoms with Gasteiger partial charge in [0.05, 0.1) is 5.71 Å². The minimum atomic E-state index is 0.629. The summed E-state index contributed by atoms with van der Waals surface area (Å²) in [5.41, 5.74) is 1.02. The van der Waals surface area contributed by atoms with Crippen molar-refractivity contribution in [2.24, 2.45) is 5.16 Å². The van der Waals surface area contributed by atoms with Crippen LogP contribution in [0.4, 0.5) is 0 Å². The lowest BCUT2D eigenvalue weighted by Crippen LogP contribution is -1.97.